The lowest BCUT2D eigenvalue weighted by molar-refractivity contribution is -0.153. The van der Waals surface area contributed by atoms with Gasteiger partial charge in [-0.05, 0) is 74.5 Å². The van der Waals surface area contributed by atoms with Crippen LogP contribution in [0.15, 0.2) is 47.0 Å². The molecule has 2 fully saturated rings. The van der Waals surface area contributed by atoms with Crippen molar-refractivity contribution in [3.05, 3.63) is 58.6 Å². The molecule has 0 atom stereocenters. The van der Waals surface area contributed by atoms with Gasteiger partial charge in [0.05, 0.1) is 18.6 Å². The average molecular weight is 567 g/mol. The zero-order chi connectivity index (χ0) is 28.1. The number of benzene rings is 2. The molecule has 0 aliphatic carbocycles. The molecule has 8 nitrogen and oxygen atoms in total. The second-order valence-electron chi connectivity index (χ2n) is 11.6. The van der Waals surface area contributed by atoms with E-state index in [4.69, 9.17) is 20.9 Å². The third-order valence-electron chi connectivity index (χ3n) is 8.25. The summed E-state index contributed by atoms with van der Waals surface area (Å²) in [7, 11) is 0. The van der Waals surface area contributed by atoms with Crippen molar-refractivity contribution in [3.8, 4) is 22.8 Å². The summed E-state index contributed by atoms with van der Waals surface area (Å²) in [5, 5.41) is 15.0. The Kier molecular flexibility index (Phi) is 9.20. The Bertz CT molecular complexity index is 1280. The molecule has 2 aromatic carbocycles. The first-order chi connectivity index (χ1) is 19.3. The number of morpholine rings is 1. The van der Waals surface area contributed by atoms with Gasteiger partial charge in [-0.1, -0.05) is 60.9 Å². The lowest BCUT2D eigenvalue weighted by Gasteiger charge is -2.40. The number of carbonyl (C=O) groups is 1. The van der Waals surface area contributed by atoms with E-state index in [-0.39, 0.29) is 0 Å². The predicted molar refractivity (Wildman–Crippen MR) is 155 cm³/mol. The van der Waals surface area contributed by atoms with E-state index in [2.05, 4.69) is 45.9 Å². The van der Waals surface area contributed by atoms with Gasteiger partial charge in [0.15, 0.2) is 0 Å². The van der Waals surface area contributed by atoms with Crippen LogP contribution in [0.1, 0.15) is 44.2 Å². The Morgan fingerprint density at radius 3 is 2.38 bits per heavy atom. The summed E-state index contributed by atoms with van der Waals surface area (Å²) >= 11 is 6.49. The lowest BCUT2D eigenvalue weighted by atomic mass is 9.75. The molecule has 1 aromatic heterocycles. The number of halogens is 1. The molecule has 0 radical (unpaired) electrons. The summed E-state index contributed by atoms with van der Waals surface area (Å²) in [6.45, 7) is 10.8. The zero-order valence-corrected chi connectivity index (χ0v) is 24.2. The number of carboxylic acid groups (broad SMARTS) is 1. The summed E-state index contributed by atoms with van der Waals surface area (Å²) in [5.41, 5.74) is 3.35. The Hall–Kier alpha value is -2.78. The maximum atomic E-state index is 12.3. The van der Waals surface area contributed by atoms with Crippen LogP contribution < -0.4 is 0 Å². The van der Waals surface area contributed by atoms with Crippen LogP contribution in [0.5, 0.6) is 0 Å². The van der Waals surface area contributed by atoms with Gasteiger partial charge < -0.3 is 14.4 Å². The van der Waals surface area contributed by atoms with Crippen molar-refractivity contribution < 1.29 is 19.2 Å². The van der Waals surface area contributed by atoms with Crippen molar-refractivity contribution in [3.63, 3.8) is 0 Å². The van der Waals surface area contributed by atoms with E-state index in [9.17, 15) is 9.90 Å². The smallest absolute Gasteiger partial charge is 0.309 e. The fourth-order valence-electron chi connectivity index (χ4n) is 5.67. The summed E-state index contributed by atoms with van der Waals surface area (Å²) in [6, 6.07) is 14.1. The van der Waals surface area contributed by atoms with Crippen molar-refractivity contribution in [2.45, 2.75) is 46.1 Å². The Labute approximate surface area is 241 Å². The van der Waals surface area contributed by atoms with Crippen LogP contribution in [0.25, 0.3) is 22.8 Å². The summed E-state index contributed by atoms with van der Waals surface area (Å²) in [5.74, 6) is 0.854. The first-order valence-electron chi connectivity index (χ1n) is 14.3. The SMILES string of the molecule is CC(C)Cc1ccc(-c2nc(-c3ccc(CN4CCC(CCN5CCOCC5)(C(=O)O)CC4)cc3)no2)cc1Cl. The van der Waals surface area contributed by atoms with Gasteiger partial charge in [-0.25, -0.2) is 0 Å². The second kappa shape index (κ2) is 12.8. The largest absolute Gasteiger partial charge is 0.481 e. The molecule has 0 spiro atoms. The van der Waals surface area contributed by atoms with E-state index in [0.717, 1.165) is 75.6 Å². The average Bonchev–Trinajstić information content (AvgIpc) is 3.45. The van der Waals surface area contributed by atoms with Gasteiger partial charge in [0, 0.05) is 35.8 Å². The third-order valence-corrected chi connectivity index (χ3v) is 8.60. The highest BCUT2D eigenvalue weighted by atomic mass is 35.5. The van der Waals surface area contributed by atoms with E-state index in [1.165, 1.54) is 5.56 Å². The summed E-state index contributed by atoms with van der Waals surface area (Å²) in [6.07, 6.45) is 2.98. The number of hydrogen-bond donors (Lipinski definition) is 1. The van der Waals surface area contributed by atoms with E-state index >= 15 is 0 Å². The number of aromatic nitrogens is 2. The fraction of sp³-hybridized carbons (Fsp3) is 0.516. The van der Waals surface area contributed by atoms with Crippen LogP contribution in [0.4, 0.5) is 0 Å². The molecule has 9 heteroatoms. The zero-order valence-electron chi connectivity index (χ0n) is 23.4. The van der Waals surface area contributed by atoms with Crippen LogP contribution in [-0.2, 0) is 22.5 Å². The van der Waals surface area contributed by atoms with E-state index < -0.39 is 11.4 Å². The molecule has 0 amide bonds. The predicted octanol–water partition coefficient (Wildman–Crippen LogP) is 5.64. The molecule has 0 saturated carbocycles. The Balaban J connectivity index is 1.16. The van der Waals surface area contributed by atoms with Crippen LogP contribution in [0.3, 0.4) is 0 Å². The molecule has 2 saturated heterocycles. The fourth-order valence-corrected chi connectivity index (χ4v) is 5.93. The minimum atomic E-state index is -0.655. The highest BCUT2D eigenvalue weighted by molar-refractivity contribution is 6.31. The molecule has 0 bridgehead atoms. The minimum Gasteiger partial charge on any atom is -0.481 e. The van der Waals surface area contributed by atoms with Gasteiger partial charge in [0.1, 0.15) is 0 Å². The molecule has 40 heavy (non-hydrogen) atoms. The lowest BCUT2D eigenvalue weighted by Crippen LogP contribution is -2.46. The molecule has 2 aliphatic heterocycles. The molecule has 0 unspecified atom stereocenters. The number of piperidine rings is 1. The molecule has 3 aromatic rings. The molecule has 5 rings (SSSR count). The van der Waals surface area contributed by atoms with E-state index in [1.54, 1.807) is 0 Å². The highest BCUT2D eigenvalue weighted by Gasteiger charge is 2.41. The Morgan fingerprint density at radius 2 is 1.73 bits per heavy atom. The summed E-state index contributed by atoms with van der Waals surface area (Å²) in [4.78, 5) is 21.5. The first kappa shape index (κ1) is 28.7. The number of carboxylic acids is 1. The minimum absolute atomic E-state index is 0.445. The number of rotatable bonds is 10. The van der Waals surface area contributed by atoms with Crippen molar-refractivity contribution in [2.24, 2.45) is 11.3 Å². The molecule has 214 valence electrons. The van der Waals surface area contributed by atoms with Gasteiger partial charge in [0.25, 0.3) is 5.89 Å². The first-order valence-corrected chi connectivity index (χ1v) is 14.7. The molecular weight excluding hydrogens is 528 g/mol. The number of hydrogen-bond acceptors (Lipinski definition) is 7. The normalized spacial score (nSPS) is 18.3. The standard InChI is InChI=1S/C31H39ClN4O4/c1-22(2)19-25-7-8-26(20-27(25)32)29-33-28(34-40-29)24-5-3-23(4-6-24)21-36-13-10-31(11-14-36,30(37)38)9-12-35-15-17-39-18-16-35/h3-8,20,22H,9-19,21H2,1-2H3,(H,37,38). The van der Waals surface area contributed by atoms with Crippen molar-refractivity contribution >= 4 is 17.6 Å². The van der Waals surface area contributed by atoms with Gasteiger partial charge in [-0.3, -0.25) is 14.6 Å². The van der Waals surface area contributed by atoms with Crippen LogP contribution in [0, 0.1) is 11.3 Å². The molecule has 1 N–H and O–H groups in total. The molecular formula is C31H39ClN4O4. The van der Waals surface area contributed by atoms with Crippen molar-refractivity contribution in [2.75, 3.05) is 45.9 Å². The van der Waals surface area contributed by atoms with Gasteiger partial charge in [-0.15, -0.1) is 0 Å². The van der Waals surface area contributed by atoms with E-state index in [1.807, 2.05) is 30.3 Å². The number of nitrogens with zero attached hydrogens (tertiary/aromatic N) is 4. The van der Waals surface area contributed by atoms with Gasteiger partial charge in [-0.2, -0.15) is 4.98 Å². The Morgan fingerprint density at radius 1 is 1.02 bits per heavy atom. The van der Waals surface area contributed by atoms with Crippen molar-refractivity contribution in [1.82, 2.24) is 19.9 Å². The van der Waals surface area contributed by atoms with Gasteiger partial charge in [0.2, 0.25) is 5.82 Å². The molecule has 3 heterocycles. The third kappa shape index (κ3) is 6.92. The van der Waals surface area contributed by atoms with Crippen LogP contribution in [0.2, 0.25) is 5.02 Å². The molecule has 2 aliphatic rings. The number of aliphatic carboxylic acids is 1. The monoisotopic (exact) mass is 566 g/mol. The maximum absolute atomic E-state index is 12.3. The number of ether oxygens (including phenoxy) is 1. The summed E-state index contributed by atoms with van der Waals surface area (Å²) < 4.78 is 11.0. The quantitative estimate of drug-likeness (QED) is 0.337. The van der Waals surface area contributed by atoms with E-state index in [0.29, 0.717) is 41.9 Å². The maximum Gasteiger partial charge on any atom is 0.309 e. The highest BCUT2D eigenvalue weighted by Crippen LogP contribution is 2.36. The van der Waals surface area contributed by atoms with Crippen molar-refractivity contribution in [1.29, 1.82) is 0 Å². The second-order valence-corrected chi connectivity index (χ2v) is 12.0. The van der Waals surface area contributed by atoms with Gasteiger partial charge >= 0.3 is 5.97 Å². The number of likely N-dealkylation sites (tertiary alicyclic amines) is 1. The topological polar surface area (TPSA) is 91.9 Å². The van der Waals surface area contributed by atoms with Crippen LogP contribution in [-0.4, -0.2) is 77.0 Å². The van der Waals surface area contributed by atoms with Crippen LogP contribution >= 0.6 is 11.6 Å².